The van der Waals surface area contributed by atoms with Crippen molar-refractivity contribution in [1.29, 1.82) is 0 Å². The van der Waals surface area contributed by atoms with Gasteiger partial charge in [-0.05, 0) is 6.92 Å². The van der Waals surface area contributed by atoms with E-state index in [4.69, 9.17) is 4.74 Å². The molecule has 1 aromatic rings. The van der Waals surface area contributed by atoms with Gasteiger partial charge in [-0.15, -0.1) is 10.2 Å². The van der Waals surface area contributed by atoms with E-state index < -0.39 is 5.97 Å². The number of carbonyl (C=O) groups is 1. The molecule has 0 fully saturated rings. The van der Waals surface area contributed by atoms with Crippen molar-refractivity contribution in [1.82, 2.24) is 15.4 Å². The van der Waals surface area contributed by atoms with Gasteiger partial charge < -0.3 is 9.64 Å². The number of rotatable bonds is 3. The summed E-state index contributed by atoms with van der Waals surface area (Å²) in [4.78, 5) is 12.9. The summed E-state index contributed by atoms with van der Waals surface area (Å²) in [5, 5.41) is 9.89. The smallest absolute Gasteiger partial charge is 0.362 e. The topological polar surface area (TPSA) is 71.1 Å². The summed E-state index contributed by atoms with van der Waals surface area (Å²) in [5.41, 5.74) is 0.215. The first kappa shape index (κ1) is 9.50. The average molecular weight is 184 g/mol. The molecule has 72 valence electrons. The van der Waals surface area contributed by atoms with Gasteiger partial charge in [0, 0.05) is 14.1 Å². The lowest BCUT2D eigenvalue weighted by Gasteiger charge is -2.08. The minimum Gasteiger partial charge on any atom is -0.461 e. The molecule has 6 heteroatoms. The highest BCUT2D eigenvalue weighted by Gasteiger charge is 2.18. The molecule has 0 radical (unpaired) electrons. The third kappa shape index (κ3) is 1.95. The summed E-state index contributed by atoms with van der Waals surface area (Å²) < 4.78 is 4.79. The molecule has 1 aromatic heterocycles. The van der Waals surface area contributed by atoms with Crippen LogP contribution in [0.4, 0.5) is 5.82 Å². The van der Waals surface area contributed by atoms with Crippen molar-refractivity contribution < 1.29 is 9.53 Å². The number of esters is 1. The minimum absolute atomic E-state index is 0.215. The van der Waals surface area contributed by atoms with Crippen LogP contribution >= 0.6 is 0 Å². The zero-order chi connectivity index (χ0) is 9.84. The molecule has 0 spiro atoms. The van der Waals surface area contributed by atoms with Crippen LogP contribution in [0, 0.1) is 0 Å². The fourth-order valence-electron chi connectivity index (χ4n) is 0.873. The Bertz CT molecular complexity index is 294. The first-order chi connectivity index (χ1) is 6.16. The first-order valence-corrected chi connectivity index (χ1v) is 3.92. The Morgan fingerprint density at radius 1 is 1.54 bits per heavy atom. The number of hydrogen-bond donors (Lipinski definition) is 1. The van der Waals surface area contributed by atoms with Crippen molar-refractivity contribution in [3.63, 3.8) is 0 Å². The molecule has 0 aliphatic rings. The van der Waals surface area contributed by atoms with Crippen molar-refractivity contribution in [2.24, 2.45) is 0 Å². The van der Waals surface area contributed by atoms with Gasteiger partial charge in [0.15, 0.2) is 5.82 Å². The van der Waals surface area contributed by atoms with Gasteiger partial charge in [-0.2, -0.15) is 5.21 Å². The van der Waals surface area contributed by atoms with Crippen LogP contribution in [-0.4, -0.2) is 42.1 Å². The predicted octanol–water partition coefficient (Wildman–Crippen LogP) is 0.0474. The molecule has 0 aromatic carbocycles. The number of hydrogen-bond acceptors (Lipinski definition) is 5. The first-order valence-electron chi connectivity index (χ1n) is 3.92. The minimum atomic E-state index is -0.458. The molecule has 0 unspecified atom stereocenters. The Balaban J connectivity index is 2.87. The Labute approximate surface area is 75.9 Å². The Kier molecular flexibility index (Phi) is 2.84. The summed E-state index contributed by atoms with van der Waals surface area (Å²) in [5.74, 6) is 0.0263. The molecular weight excluding hydrogens is 172 g/mol. The van der Waals surface area contributed by atoms with Crippen LogP contribution < -0.4 is 4.90 Å². The number of carbonyl (C=O) groups excluding carboxylic acids is 1. The summed E-state index contributed by atoms with van der Waals surface area (Å²) >= 11 is 0. The van der Waals surface area contributed by atoms with E-state index in [0.717, 1.165) is 0 Å². The van der Waals surface area contributed by atoms with Gasteiger partial charge in [-0.25, -0.2) is 4.79 Å². The molecule has 0 saturated heterocycles. The van der Waals surface area contributed by atoms with Crippen LogP contribution in [0.3, 0.4) is 0 Å². The summed E-state index contributed by atoms with van der Waals surface area (Å²) in [6.45, 7) is 2.08. The quantitative estimate of drug-likeness (QED) is 0.672. The molecule has 0 aliphatic carbocycles. The molecule has 1 rings (SSSR count). The van der Waals surface area contributed by atoms with Crippen LogP contribution in [-0.2, 0) is 4.74 Å². The van der Waals surface area contributed by atoms with Crippen molar-refractivity contribution in [3.05, 3.63) is 5.69 Å². The van der Waals surface area contributed by atoms with E-state index >= 15 is 0 Å². The van der Waals surface area contributed by atoms with Crippen LogP contribution in [0.5, 0.6) is 0 Å². The molecule has 1 N–H and O–H groups in total. The van der Waals surface area contributed by atoms with Crippen LogP contribution in [0.15, 0.2) is 0 Å². The molecular formula is C7H12N4O2. The van der Waals surface area contributed by atoms with Gasteiger partial charge in [0.1, 0.15) is 0 Å². The van der Waals surface area contributed by atoms with Gasteiger partial charge in [-0.1, -0.05) is 0 Å². The zero-order valence-electron chi connectivity index (χ0n) is 7.87. The Morgan fingerprint density at radius 3 is 2.77 bits per heavy atom. The Morgan fingerprint density at radius 2 is 2.23 bits per heavy atom. The van der Waals surface area contributed by atoms with E-state index in [1.54, 1.807) is 25.9 Å². The lowest BCUT2D eigenvalue weighted by Crippen LogP contribution is -2.15. The number of nitrogens with zero attached hydrogens (tertiary/aromatic N) is 3. The molecule has 0 saturated carbocycles. The second-order valence-corrected chi connectivity index (χ2v) is 2.61. The van der Waals surface area contributed by atoms with Crippen LogP contribution in [0.1, 0.15) is 17.4 Å². The molecule has 1 heterocycles. The van der Waals surface area contributed by atoms with Crippen LogP contribution in [0.2, 0.25) is 0 Å². The SMILES string of the molecule is CCOC(=O)c1n[nH]nc1N(C)C. The molecule has 6 nitrogen and oxygen atoms in total. The lowest BCUT2D eigenvalue weighted by atomic mass is 10.4. The van der Waals surface area contributed by atoms with Crippen molar-refractivity contribution >= 4 is 11.8 Å². The molecule has 0 amide bonds. The summed E-state index contributed by atoms with van der Waals surface area (Å²) in [6.07, 6.45) is 0. The number of ether oxygens (including phenoxy) is 1. The van der Waals surface area contributed by atoms with E-state index in [-0.39, 0.29) is 5.69 Å². The third-order valence-corrected chi connectivity index (χ3v) is 1.42. The third-order valence-electron chi connectivity index (χ3n) is 1.42. The maximum atomic E-state index is 11.3. The maximum Gasteiger partial charge on any atom is 0.362 e. The number of nitrogens with one attached hydrogen (secondary N) is 1. The number of aromatic nitrogens is 3. The van der Waals surface area contributed by atoms with Gasteiger partial charge in [0.05, 0.1) is 6.61 Å². The largest absolute Gasteiger partial charge is 0.461 e. The van der Waals surface area contributed by atoms with E-state index in [9.17, 15) is 4.79 Å². The van der Waals surface area contributed by atoms with Gasteiger partial charge in [0.25, 0.3) is 0 Å². The fraction of sp³-hybridized carbons (Fsp3) is 0.571. The average Bonchev–Trinajstić information content (AvgIpc) is 2.52. The van der Waals surface area contributed by atoms with Gasteiger partial charge in [-0.3, -0.25) is 0 Å². The highest BCUT2D eigenvalue weighted by atomic mass is 16.5. The summed E-state index contributed by atoms with van der Waals surface area (Å²) in [6, 6.07) is 0. The maximum absolute atomic E-state index is 11.3. The predicted molar refractivity (Wildman–Crippen MR) is 46.7 cm³/mol. The van der Waals surface area contributed by atoms with Crippen molar-refractivity contribution in [3.8, 4) is 0 Å². The van der Waals surface area contributed by atoms with E-state index in [2.05, 4.69) is 15.4 Å². The van der Waals surface area contributed by atoms with Crippen molar-refractivity contribution in [2.75, 3.05) is 25.6 Å². The van der Waals surface area contributed by atoms with E-state index in [1.165, 1.54) is 0 Å². The normalized spacial score (nSPS) is 9.77. The van der Waals surface area contributed by atoms with Crippen molar-refractivity contribution in [2.45, 2.75) is 6.92 Å². The number of H-pyrrole nitrogens is 1. The molecule has 0 aliphatic heterocycles. The van der Waals surface area contributed by atoms with Crippen LogP contribution in [0.25, 0.3) is 0 Å². The van der Waals surface area contributed by atoms with E-state index in [1.807, 2.05) is 0 Å². The highest BCUT2D eigenvalue weighted by Crippen LogP contribution is 2.11. The van der Waals surface area contributed by atoms with Gasteiger partial charge >= 0.3 is 5.97 Å². The van der Waals surface area contributed by atoms with E-state index in [0.29, 0.717) is 12.4 Å². The Hall–Kier alpha value is -1.59. The number of anilines is 1. The molecule has 13 heavy (non-hydrogen) atoms. The second kappa shape index (κ2) is 3.88. The lowest BCUT2D eigenvalue weighted by molar-refractivity contribution is 0.0520. The second-order valence-electron chi connectivity index (χ2n) is 2.61. The van der Waals surface area contributed by atoms with Gasteiger partial charge in [0.2, 0.25) is 5.69 Å². The fourth-order valence-corrected chi connectivity index (χ4v) is 0.873. The zero-order valence-corrected chi connectivity index (χ0v) is 7.87. The molecule has 0 bridgehead atoms. The standard InChI is InChI=1S/C7H12N4O2/c1-4-13-7(12)5-6(11(2)3)9-10-8-5/h4H2,1-3H3,(H,8,9,10). The monoisotopic (exact) mass is 184 g/mol. The molecule has 0 atom stereocenters. The summed E-state index contributed by atoms with van der Waals surface area (Å²) in [7, 11) is 3.56. The highest BCUT2D eigenvalue weighted by molar-refractivity contribution is 5.92. The number of aromatic amines is 1.